The number of aromatic nitrogens is 2. The van der Waals surface area contributed by atoms with Crippen molar-refractivity contribution in [1.82, 2.24) is 15.5 Å². The minimum atomic E-state index is -0.679. The van der Waals surface area contributed by atoms with Crippen LogP contribution < -0.4 is 5.32 Å². The molecule has 21 heavy (non-hydrogen) atoms. The molecule has 0 fully saturated rings. The zero-order valence-electron chi connectivity index (χ0n) is 12.1. The standard InChI is InChI=1S/C15H16ClN3O2/c1-10(20)18-15(2,3)14-17-13(21-19-14)9-6-11-4-7-12(16)8-5-11/h4-9H,1-3H3,(H,18,20)/b9-6-. The molecule has 0 bridgehead atoms. The number of halogens is 1. The van der Waals surface area contributed by atoms with Gasteiger partial charge in [0.05, 0.1) is 5.54 Å². The van der Waals surface area contributed by atoms with Crippen LogP contribution in [-0.2, 0) is 10.3 Å². The third-order valence-electron chi connectivity index (χ3n) is 2.78. The number of carbonyl (C=O) groups excluding carboxylic acids is 1. The summed E-state index contributed by atoms with van der Waals surface area (Å²) >= 11 is 5.82. The zero-order valence-corrected chi connectivity index (χ0v) is 12.8. The van der Waals surface area contributed by atoms with Gasteiger partial charge >= 0.3 is 0 Å². The minimum absolute atomic E-state index is 0.150. The summed E-state index contributed by atoms with van der Waals surface area (Å²) in [6.45, 7) is 5.07. The number of carbonyl (C=O) groups is 1. The topological polar surface area (TPSA) is 68.0 Å². The maximum atomic E-state index is 11.2. The highest BCUT2D eigenvalue weighted by molar-refractivity contribution is 6.30. The number of benzene rings is 1. The Morgan fingerprint density at radius 1 is 1.29 bits per heavy atom. The Hall–Kier alpha value is -2.14. The predicted octanol–water partition coefficient (Wildman–Crippen LogP) is 3.26. The van der Waals surface area contributed by atoms with Gasteiger partial charge in [-0.15, -0.1) is 0 Å². The van der Waals surface area contributed by atoms with E-state index in [0.717, 1.165) is 5.56 Å². The summed E-state index contributed by atoms with van der Waals surface area (Å²) in [6, 6.07) is 7.38. The number of nitrogens with zero attached hydrogens (tertiary/aromatic N) is 2. The van der Waals surface area contributed by atoms with Crippen LogP contribution in [0.15, 0.2) is 28.8 Å². The second kappa shape index (κ2) is 6.10. The second-order valence-electron chi connectivity index (χ2n) is 5.15. The number of rotatable bonds is 4. The van der Waals surface area contributed by atoms with Crippen LogP contribution in [-0.4, -0.2) is 16.0 Å². The molecule has 1 aromatic carbocycles. The number of nitrogens with one attached hydrogen (secondary N) is 1. The molecule has 0 radical (unpaired) electrons. The molecular formula is C15H16ClN3O2. The first-order valence-electron chi connectivity index (χ1n) is 6.43. The summed E-state index contributed by atoms with van der Waals surface area (Å²) in [5.41, 5.74) is 0.294. The molecule has 0 aliphatic rings. The number of hydrogen-bond acceptors (Lipinski definition) is 4. The lowest BCUT2D eigenvalue weighted by Gasteiger charge is -2.20. The highest BCUT2D eigenvalue weighted by atomic mass is 35.5. The molecule has 5 nitrogen and oxygen atoms in total. The summed E-state index contributed by atoms with van der Waals surface area (Å²) in [5.74, 6) is 0.648. The molecule has 1 heterocycles. The smallest absolute Gasteiger partial charge is 0.250 e. The molecule has 2 rings (SSSR count). The van der Waals surface area contributed by atoms with E-state index in [-0.39, 0.29) is 5.91 Å². The fourth-order valence-electron chi connectivity index (χ4n) is 1.79. The van der Waals surface area contributed by atoms with Crippen LogP contribution >= 0.6 is 11.6 Å². The lowest BCUT2D eigenvalue weighted by atomic mass is 10.1. The first-order chi connectivity index (χ1) is 9.87. The van der Waals surface area contributed by atoms with E-state index in [2.05, 4.69) is 15.5 Å². The van der Waals surface area contributed by atoms with E-state index in [1.165, 1.54) is 6.92 Å². The molecule has 2 aromatic rings. The minimum Gasteiger partial charge on any atom is -0.344 e. The van der Waals surface area contributed by atoms with Crippen LogP contribution in [0.3, 0.4) is 0 Å². The van der Waals surface area contributed by atoms with Crippen molar-refractivity contribution in [2.24, 2.45) is 0 Å². The van der Waals surface area contributed by atoms with Crippen molar-refractivity contribution in [3.8, 4) is 0 Å². The predicted molar refractivity (Wildman–Crippen MR) is 81.5 cm³/mol. The molecule has 0 saturated heterocycles. The van der Waals surface area contributed by atoms with E-state index in [4.69, 9.17) is 16.1 Å². The molecular weight excluding hydrogens is 290 g/mol. The summed E-state index contributed by atoms with van der Waals surface area (Å²) in [6.07, 6.45) is 3.56. The van der Waals surface area contributed by atoms with Gasteiger partial charge in [-0.3, -0.25) is 4.79 Å². The van der Waals surface area contributed by atoms with Crippen molar-refractivity contribution in [2.75, 3.05) is 0 Å². The van der Waals surface area contributed by atoms with Crippen molar-refractivity contribution >= 4 is 29.7 Å². The molecule has 110 valence electrons. The monoisotopic (exact) mass is 305 g/mol. The summed E-state index contributed by atoms with van der Waals surface area (Å²) in [4.78, 5) is 15.4. The third-order valence-corrected chi connectivity index (χ3v) is 3.03. The first kappa shape index (κ1) is 15.3. The largest absolute Gasteiger partial charge is 0.344 e. The fraction of sp³-hybridized carbons (Fsp3) is 0.267. The van der Waals surface area contributed by atoms with E-state index in [1.807, 2.05) is 32.1 Å². The molecule has 1 amide bonds. The van der Waals surface area contributed by atoms with Gasteiger partial charge in [-0.05, 0) is 37.6 Å². The lowest BCUT2D eigenvalue weighted by molar-refractivity contribution is -0.120. The van der Waals surface area contributed by atoms with Crippen LogP contribution in [0.2, 0.25) is 5.02 Å². The summed E-state index contributed by atoms with van der Waals surface area (Å²) in [7, 11) is 0. The molecule has 0 saturated carbocycles. The average Bonchev–Trinajstić information content (AvgIpc) is 2.86. The fourth-order valence-corrected chi connectivity index (χ4v) is 1.92. The number of hydrogen-bond donors (Lipinski definition) is 1. The van der Waals surface area contributed by atoms with Gasteiger partial charge < -0.3 is 9.84 Å². The normalized spacial score (nSPS) is 11.8. The summed E-state index contributed by atoms with van der Waals surface area (Å²) < 4.78 is 5.15. The highest BCUT2D eigenvalue weighted by Crippen LogP contribution is 2.18. The van der Waals surface area contributed by atoms with E-state index >= 15 is 0 Å². The van der Waals surface area contributed by atoms with E-state index in [1.54, 1.807) is 18.2 Å². The van der Waals surface area contributed by atoms with Gasteiger partial charge in [0.15, 0.2) is 5.82 Å². The van der Waals surface area contributed by atoms with Gasteiger partial charge in [-0.25, -0.2) is 0 Å². The Labute approximate surface area is 128 Å². The Morgan fingerprint density at radius 3 is 2.57 bits per heavy atom. The van der Waals surface area contributed by atoms with Crippen molar-refractivity contribution < 1.29 is 9.32 Å². The van der Waals surface area contributed by atoms with Gasteiger partial charge in [-0.2, -0.15) is 4.98 Å². The van der Waals surface area contributed by atoms with Gasteiger partial charge in [0.2, 0.25) is 5.91 Å². The lowest BCUT2D eigenvalue weighted by Crippen LogP contribution is -2.40. The quantitative estimate of drug-likeness (QED) is 0.941. The van der Waals surface area contributed by atoms with Crippen molar-refractivity contribution in [1.29, 1.82) is 0 Å². The second-order valence-corrected chi connectivity index (χ2v) is 5.58. The van der Waals surface area contributed by atoms with Crippen LogP contribution in [0, 0.1) is 0 Å². The van der Waals surface area contributed by atoms with Crippen LogP contribution in [0.25, 0.3) is 12.2 Å². The van der Waals surface area contributed by atoms with Crippen LogP contribution in [0.5, 0.6) is 0 Å². The van der Waals surface area contributed by atoms with Crippen LogP contribution in [0.1, 0.15) is 38.0 Å². The van der Waals surface area contributed by atoms with E-state index in [9.17, 15) is 4.79 Å². The van der Waals surface area contributed by atoms with Gasteiger partial charge in [0.25, 0.3) is 5.89 Å². The molecule has 0 aliphatic heterocycles. The Morgan fingerprint density at radius 2 is 1.95 bits per heavy atom. The van der Waals surface area contributed by atoms with Gasteiger partial charge in [-0.1, -0.05) is 28.9 Å². The Bertz CT molecular complexity index is 660. The zero-order chi connectivity index (χ0) is 15.5. The molecule has 6 heteroatoms. The van der Waals surface area contributed by atoms with E-state index in [0.29, 0.717) is 16.7 Å². The maximum absolute atomic E-state index is 11.2. The molecule has 0 aliphatic carbocycles. The van der Waals surface area contributed by atoms with Crippen molar-refractivity contribution in [2.45, 2.75) is 26.3 Å². The number of amides is 1. The van der Waals surface area contributed by atoms with E-state index < -0.39 is 5.54 Å². The maximum Gasteiger partial charge on any atom is 0.250 e. The highest BCUT2D eigenvalue weighted by Gasteiger charge is 2.27. The molecule has 0 spiro atoms. The average molecular weight is 306 g/mol. The Kier molecular flexibility index (Phi) is 4.43. The van der Waals surface area contributed by atoms with Crippen molar-refractivity contribution in [3.05, 3.63) is 46.6 Å². The summed E-state index contributed by atoms with van der Waals surface area (Å²) in [5, 5.41) is 7.34. The van der Waals surface area contributed by atoms with Crippen molar-refractivity contribution in [3.63, 3.8) is 0 Å². The van der Waals surface area contributed by atoms with Crippen LogP contribution in [0.4, 0.5) is 0 Å². The third kappa shape index (κ3) is 4.16. The molecule has 1 N–H and O–H groups in total. The molecule has 1 aromatic heterocycles. The Balaban J connectivity index is 2.13. The molecule has 0 atom stereocenters. The van der Waals surface area contributed by atoms with Gasteiger partial charge in [0, 0.05) is 18.0 Å². The SMILES string of the molecule is CC(=O)NC(C)(C)c1noc(/C=C\c2ccc(Cl)cc2)n1. The first-order valence-corrected chi connectivity index (χ1v) is 6.81. The molecule has 0 unspecified atom stereocenters. The van der Waals surface area contributed by atoms with Gasteiger partial charge in [0.1, 0.15) is 0 Å².